The van der Waals surface area contributed by atoms with Gasteiger partial charge in [-0.15, -0.1) is 0 Å². The third-order valence-electron chi connectivity index (χ3n) is 3.71. The minimum Gasteiger partial charge on any atom is -0.390 e. The summed E-state index contributed by atoms with van der Waals surface area (Å²) in [6, 6.07) is 9.15. The molecule has 0 aliphatic rings. The number of aryl methyl sites for hydroxylation is 3. The molecule has 0 saturated carbocycles. The molecule has 1 aromatic carbocycles. The molecule has 8 heteroatoms. The number of halogens is 1. The van der Waals surface area contributed by atoms with Gasteiger partial charge in [-0.05, 0) is 37.1 Å². The molecule has 0 aliphatic heterocycles. The fourth-order valence-corrected chi connectivity index (χ4v) is 2.55. The summed E-state index contributed by atoms with van der Waals surface area (Å²) >= 11 is 5.87. The SMILES string of the molecule is Cc1cc(CO)nn(Cc2nc(CCc3ccc(Cl)cc3)no2)c1=O. The van der Waals surface area contributed by atoms with Crippen molar-refractivity contribution in [1.82, 2.24) is 19.9 Å². The second kappa shape index (κ2) is 7.58. The molecule has 1 N–H and O–H groups in total. The number of aliphatic hydroxyl groups is 1. The number of hydrogen-bond donors (Lipinski definition) is 1. The second-order valence-electron chi connectivity index (χ2n) is 5.67. The maximum Gasteiger partial charge on any atom is 0.270 e. The van der Waals surface area contributed by atoms with Crippen LogP contribution in [-0.4, -0.2) is 25.0 Å². The molecule has 130 valence electrons. The largest absolute Gasteiger partial charge is 0.390 e. The normalized spacial score (nSPS) is 11.0. The molecule has 0 unspecified atom stereocenters. The summed E-state index contributed by atoms with van der Waals surface area (Å²) in [5, 5.41) is 17.9. The van der Waals surface area contributed by atoms with Crippen LogP contribution in [0, 0.1) is 6.92 Å². The first-order valence-corrected chi connectivity index (χ1v) is 8.17. The summed E-state index contributed by atoms with van der Waals surface area (Å²) in [6.07, 6.45) is 1.37. The molecule has 2 aromatic heterocycles. The summed E-state index contributed by atoms with van der Waals surface area (Å²) < 4.78 is 6.42. The van der Waals surface area contributed by atoms with Gasteiger partial charge in [-0.3, -0.25) is 4.79 Å². The lowest BCUT2D eigenvalue weighted by atomic mass is 10.1. The summed E-state index contributed by atoms with van der Waals surface area (Å²) in [5.74, 6) is 0.864. The number of nitrogens with zero attached hydrogens (tertiary/aromatic N) is 4. The Kier molecular flexibility index (Phi) is 5.25. The Morgan fingerprint density at radius 1 is 1.24 bits per heavy atom. The zero-order valence-electron chi connectivity index (χ0n) is 13.6. The highest BCUT2D eigenvalue weighted by Gasteiger charge is 2.11. The molecule has 0 saturated heterocycles. The molecule has 2 heterocycles. The highest BCUT2D eigenvalue weighted by atomic mass is 35.5. The Labute approximate surface area is 148 Å². The van der Waals surface area contributed by atoms with E-state index >= 15 is 0 Å². The van der Waals surface area contributed by atoms with Crippen LogP contribution in [0.2, 0.25) is 5.02 Å². The van der Waals surface area contributed by atoms with Crippen molar-refractivity contribution in [2.45, 2.75) is 32.9 Å². The smallest absolute Gasteiger partial charge is 0.270 e. The highest BCUT2D eigenvalue weighted by molar-refractivity contribution is 6.30. The van der Waals surface area contributed by atoms with Crippen molar-refractivity contribution >= 4 is 11.6 Å². The number of aliphatic hydroxyl groups excluding tert-OH is 1. The summed E-state index contributed by atoms with van der Waals surface area (Å²) in [6.45, 7) is 1.50. The molecule has 25 heavy (non-hydrogen) atoms. The molecule has 3 aromatic rings. The Morgan fingerprint density at radius 2 is 2.00 bits per heavy atom. The standard InChI is InChI=1S/C17H17ClN4O3/c1-11-8-14(10-23)20-22(17(11)24)9-16-19-15(21-25-16)7-4-12-2-5-13(18)6-3-12/h2-3,5-6,8,23H,4,7,9-10H2,1H3. The van der Waals surface area contributed by atoms with Crippen molar-refractivity contribution in [1.29, 1.82) is 0 Å². The van der Waals surface area contributed by atoms with E-state index in [2.05, 4.69) is 15.2 Å². The topological polar surface area (TPSA) is 94.0 Å². The van der Waals surface area contributed by atoms with E-state index in [9.17, 15) is 9.90 Å². The van der Waals surface area contributed by atoms with Crippen LogP contribution in [0.3, 0.4) is 0 Å². The van der Waals surface area contributed by atoms with E-state index in [-0.39, 0.29) is 18.7 Å². The Balaban J connectivity index is 1.68. The number of rotatable bonds is 6. The van der Waals surface area contributed by atoms with Gasteiger partial charge in [0.05, 0.1) is 12.3 Å². The van der Waals surface area contributed by atoms with Crippen LogP contribution in [0.1, 0.15) is 28.5 Å². The van der Waals surface area contributed by atoms with Crippen LogP contribution in [0.15, 0.2) is 39.6 Å². The van der Waals surface area contributed by atoms with Gasteiger partial charge in [0.1, 0.15) is 6.54 Å². The van der Waals surface area contributed by atoms with Gasteiger partial charge in [-0.25, -0.2) is 4.68 Å². The van der Waals surface area contributed by atoms with Crippen molar-refractivity contribution in [3.05, 3.63) is 74.2 Å². The summed E-state index contributed by atoms with van der Waals surface area (Å²) in [7, 11) is 0. The molecule has 0 radical (unpaired) electrons. The quantitative estimate of drug-likeness (QED) is 0.721. The molecule has 0 amide bonds. The molecule has 0 fully saturated rings. The van der Waals surface area contributed by atoms with Crippen LogP contribution in [0.4, 0.5) is 0 Å². The lowest BCUT2D eigenvalue weighted by Crippen LogP contribution is -2.26. The predicted molar refractivity (Wildman–Crippen MR) is 91.4 cm³/mol. The number of benzene rings is 1. The number of hydrogen-bond acceptors (Lipinski definition) is 6. The third kappa shape index (κ3) is 4.32. The van der Waals surface area contributed by atoms with Gasteiger partial charge in [0.2, 0.25) is 5.89 Å². The minimum absolute atomic E-state index is 0.0709. The Bertz CT molecular complexity index is 918. The van der Waals surface area contributed by atoms with E-state index in [4.69, 9.17) is 16.1 Å². The average Bonchev–Trinajstić information content (AvgIpc) is 3.05. The molecule has 0 aliphatic carbocycles. The fourth-order valence-electron chi connectivity index (χ4n) is 2.42. The van der Waals surface area contributed by atoms with E-state index in [1.54, 1.807) is 13.0 Å². The lowest BCUT2D eigenvalue weighted by Gasteiger charge is -2.04. The van der Waals surface area contributed by atoms with E-state index in [1.807, 2.05) is 24.3 Å². The van der Waals surface area contributed by atoms with Crippen LogP contribution in [0.25, 0.3) is 0 Å². The van der Waals surface area contributed by atoms with Crippen LogP contribution < -0.4 is 5.56 Å². The van der Waals surface area contributed by atoms with E-state index in [1.165, 1.54) is 4.68 Å². The van der Waals surface area contributed by atoms with Crippen molar-refractivity contribution in [3.8, 4) is 0 Å². The zero-order valence-corrected chi connectivity index (χ0v) is 14.4. The first-order valence-electron chi connectivity index (χ1n) is 7.79. The summed E-state index contributed by atoms with van der Waals surface area (Å²) in [5.41, 5.74) is 1.79. The van der Waals surface area contributed by atoms with E-state index < -0.39 is 0 Å². The molecule has 0 bridgehead atoms. The molecule has 7 nitrogen and oxygen atoms in total. The van der Waals surface area contributed by atoms with Gasteiger partial charge in [-0.1, -0.05) is 28.9 Å². The van der Waals surface area contributed by atoms with Crippen molar-refractivity contribution in [3.63, 3.8) is 0 Å². The van der Waals surface area contributed by atoms with Gasteiger partial charge in [0, 0.05) is 17.0 Å². The van der Waals surface area contributed by atoms with Crippen LogP contribution in [0.5, 0.6) is 0 Å². The zero-order chi connectivity index (χ0) is 17.8. The fraction of sp³-hybridized carbons (Fsp3) is 0.294. The monoisotopic (exact) mass is 360 g/mol. The number of aromatic nitrogens is 4. The Morgan fingerprint density at radius 3 is 2.72 bits per heavy atom. The Hall–Kier alpha value is -2.51. The van der Waals surface area contributed by atoms with Gasteiger partial charge >= 0.3 is 0 Å². The van der Waals surface area contributed by atoms with Crippen molar-refractivity contribution in [2.75, 3.05) is 0 Å². The highest BCUT2D eigenvalue weighted by Crippen LogP contribution is 2.11. The molecule has 3 rings (SSSR count). The van der Waals surface area contributed by atoms with Crippen LogP contribution >= 0.6 is 11.6 Å². The average molecular weight is 361 g/mol. The van der Waals surface area contributed by atoms with Crippen LogP contribution in [-0.2, 0) is 26.0 Å². The summed E-state index contributed by atoms with van der Waals surface area (Å²) in [4.78, 5) is 16.4. The second-order valence-corrected chi connectivity index (χ2v) is 6.11. The molecule has 0 atom stereocenters. The maximum absolute atomic E-state index is 12.1. The van der Waals surface area contributed by atoms with Gasteiger partial charge in [0.15, 0.2) is 5.82 Å². The van der Waals surface area contributed by atoms with Gasteiger partial charge < -0.3 is 9.63 Å². The lowest BCUT2D eigenvalue weighted by molar-refractivity contribution is 0.271. The molecular formula is C17H17ClN4O3. The minimum atomic E-state index is -0.252. The van der Waals surface area contributed by atoms with Crippen molar-refractivity contribution in [2.24, 2.45) is 0 Å². The third-order valence-corrected chi connectivity index (χ3v) is 3.96. The molecular weight excluding hydrogens is 344 g/mol. The first-order chi connectivity index (χ1) is 12.0. The van der Waals surface area contributed by atoms with Crippen molar-refractivity contribution < 1.29 is 9.63 Å². The molecule has 0 spiro atoms. The first kappa shape index (κ1) is 17.3. The van der Waals surface area contributed by atoms with Gasteiger partial charge in [0.25, 0.3) is 5.56 Å². The van der Waals surface area contributed by atoms with Gasteiger partial charge in [-0.2, -0.15) is 10.1 Å². The predicted octanol–water partition coefficient (Wildman–Crippen LogP) is 1.91. The maximum atomic E-state index is 12.1. The van der Waals surface area contributed by atoms with E-state index in [0.29, 0.717) is 34.4 Å². The van der Waals surface area contributed by atoms with E-state index in [0.717, 1.165) is 12.0 Å².